The lowest BCUT2D eigenvalue weighted by Gasteiger charge is -2.03. The number of rotatable bonds is 4. The summed E-state index contributed by atoms with van der Waals surface area (Å²) >= 11 is 0. The monoisotopic (exact) mass is 159 g/mol. The van der Waals surface area contributed by atoms with Crippen LogP contribution in [0.3, 0.4) is 0 Å². The standard InChI is InChI=1S/C7H13NO3/c1-2-10-7(9)11-6-5-8-3-4-8/h2-6H2,1H3. The number of ether oxygens (including phenoxy) is 2. The van der Waals surface area contributed by atoms with Gasteiger partial charge in [-0.2, -0.15) is 0 Å². The lowest BCUT2D eigenvalue weighted by Crippen LogP contribution is -2.14. The smallest absolute Gasteiger partial charge is 0.435 e. The molecule has 0 aromatic carbocycles. The number of carbonyl (C=O) groups is 1. The van der Waals surface area contributed by atoms with Crippen LogP contribution in [0.4, 0.5) is 4.79 Å². The van der Waals surface area contributed by atoms with Gasteiger partial charge in [-0.3, -0.25) is 4.90 Å². The molecule has 4 nitrogen and oxygen atoms in total. The maximum atomic E-state index is 10.6. The molecule has 0 aromatic heterocycles. The van der Waals surface area contributed by atoms with Crippen molar-refractivity contribution in [3.63, 3.8) is 0 Å². The minimum atomic E-state index is -0.561. The van der Waals surface area contributed by atoms with Crippen molar-refractivity contribution < 1.29 is 14.3 Å². The molecule has 1 fully saturated rings. The molecule has 0 spiro atoms. The van der Waals surface area contributed by atoms with Crippen LogP contribution >= 0.6 is 0 Å². The van der Waals surface area contributed by atoms with Crippen molar-refractivity contribution >= 4 is 6.16 Å². The second-order valence-corrected chi connectivity index (χ2v) is 2.37. The van der Waals surface area contributed by atoms with Crippen molar-refractivity contribution in [2.75, 3.05) is 32.8 Å². The molecule has 0 radical (unpaired) electrons. The minimum Gasteiger partial charge on any atom is -0.435 e. The molecule has 0 amide bonds. The molecule has 1 aliphatic heterocycles. The van der Waals surface area contributed by atoms with Gasteiger partial charge in [0.15, 0.2) is 0 Å². The Hall–Kier alpha value is -0.770. The van der Waals surface area contributed by atoms with E-state index < -0.39 is 6.16 Å². The molecule has 0 bridgehead atoms. The van der Waals surface area contributed by atoms with Gasteiger partial charge in [-0.05, 0) is 6.92 Å². The van der Waals surface area contributed by atoms with Gasteiger partial charge >= 0.3 is 6.16 Å². The van der Waals surface area contributed by atoms with Crippen molar-refractivity contribution in [2.45, 2.75) is 6.92 Å². The van der Waals surface area contributed by atoms with E-state index in [2.05, 4.69) is 9.64 Å². The van der Waals surface area contributed by atoms with Gasteiger partial charge in [0.05, 0.1) is 6.61 Å². The lowest BCUT2D eigenvalue weighted by atomic mass is 10.7. The van der Waals surface area contributed by atoms with Gasteiger partial charge < -0.3 is 9.47 Å². The number of hydrogen-bond donors (Lipinski definition) is 0. The van der Waals surface area contributed by atoms with E-state index in [0.717, 1.165) is 19.6 Å². The fraction of sp³-hybridized carbons (Fsp3) is 0.857. The van der Waals surface area contributed by atoms with E-state index in [-0.39, 0.29) is 0 Å². The Morgan fingerprint density at radius 1 is 1.45 bits per heavy atom. The zero-order valence-electron chi connectivity index (χ0n) is 6.71. The molecule has 64 valence electrons. The van der Waals surface area contributed by atoms with Gasteiger partial charge in [0.25, 0.3) is 0 Å². The molecular formula is C7H13NO3. The molecule has 0 saturated carbocycles. The number of nitrogens with zero attached hydrogens (tertiary/aromatic N) is 1. The lowest BCUT2D eigenvalue weighted by molar-refractivity contribution is 0.0573. The third kappa shape index (κ3) is 3.83. The highest BCUT2D eigenvalue weighted by Gasteiger charge is 2.16. The number of carbonyl (C=O) groups excluding carboxylic acids is 1. The SMILES string of the molecule is CCOC(=O)OCCN1CC1. The molecule has 1 heterocycles. The van der Waals surface area contributed by atoms with E-state index in [1.165, 1.54) is 0 Å². The van der Waals surface area contributed by atoms with Crippen molar-refractivity contribution in [1.82, 2.24) is 4.90 Å². The van der Waals surface area contributed by atoms with Gasteiger partial charge in [-0.15, -0.1) is 0 Å². The van der Waals surface area contributed by atoms with Crippen LogP contribution in [0.2, 0.25) is 0 Å². The van der Waals surface area contributed by atoms with Crippen LogP contribution in [0.5, 0.6) is 0 Å². The first-order valence-corrected chi connectivity index (χ1v) is 3.85. The van der Waals surface area contributed by atoms with Gasteiger partial charge in [0, 0.05) is 19.6 Å². The Morgan fingerprint density at radius 3 is 2.73 bits per heavy atom. The van der Waals surface area contributed by atoms with Crippen LogP contribution in [0, 0.1) is 0 Å². The molecule has 0 aromatic rings. The maximum Gasteiger partial charge on any atom is 0.508 e. The molecule has 1 rings (SSSR count). The summed E-state index contributed by atoms with van der Waals surface area (Å²) in [5, 5.41) is 0. The first-order valence-electron chi connectivity index (χ1n) is 3.85. The molecule has 0 N–H and O–H groups in total. The molecule has 1 saturated heterocycles. The van der Waals surface area contributed by atoms with E-state index >= 15 is 0 Å². The van der Waals surface area contributed by atoms with E-state index in [1.807, 2.05) is 0 Å². The first-order chi connectivity index (χ1) is 5.33. The van der Waals surface area contributed by atoms with Crippen molar-refractivity contribution in [3.05, 3.63) is 0 Å². The summed E-state index contributed by atoms with van der Waals surface area (Å²) in [5.74, 6) is 0. The van der Waals surface area contributed by atoms with Gasteiger partial charge in [-0.1, -0.05) is 0 Å². The van der Waals surface area contributed by atoms with Crippen molar-refractivity contribution in [3.8, 4) is 0 Å². The average molecular weight is 159 g/mol. The topological polar surface area (TPSA) is 38.5 Å². The molecule has 1 aliphatic rings. The van der Waals surface area contributed by atoms with Gasteiger partial charge in [0.1, 0.15) is 6.61 Å². The predicted octanol–water partition coefficient (Wildman–Crippen LogP) is 0.475. The Kier molecular flexibility index (Phi) is 3.16. The van der Waals surface area contributed by atoms with Crippen LogP contribution in [0.15, 0.2) is 0 Å². The summed E-state index contributed by atoms with van der Waals surface area (Å²) in [7, 11) is 0. The number of hydrogen-bond acceptors (Lipinski definition) is 4. The first kappa shape index (κ1) is 8.33. The zero-order chi connectivity index (χ0) is 8.10. The zero-order valence-corrected chi connectivity index (χ0v) is 6.71. The Balaban J connectivity index is 1.88. The van der Waals surface area contributed by atoms with E-state index in [4.69, 9.17) is 4.74 Å². The quantitative estimate of drug-likeness (QED) is 0.441. The maximum absolute atomic E-state index is 10.6. The summed E-state index contributed by atoms with van der Waals surface area (Å²) < 4.78 is 9.29. The van der Waals surface area contributed by atoms with E-state index in [9.17, 15) is 4.79 Å². The van der Waals surface area contributed by atoms with E-state index in [0.29, 0.717) is 13.2 Å². The molecule has 4 heteroatoms. The highest BCUT2D eigenvalue weighted by Crippen LogP contribution is 2.01. The predicted molar refractivity (Wildman–Crippen MR) is 39.4 cm³/mol. The van der Waals surface area contributed by atoms with Crippen LogP contribution < -0.4 is 0 Å². The second kappa shape index (κ2) is 4.18. The Bertz CT molecular complexity index is 134. The molecule has 0 atom stereocenters. The summed E-state index contributed by atoms with van der Waals surface area (Å²) in [6, 6.07) is 0. The summed E-state index contributed by atoms with van der Waals surface area (Å²) in [5.41, 5.74) is 0. The fourth-order valence-electron chi connectivity index (χ4n) is 0.712. The molecular weight excluding hydrogens is 146 g/mol. The van der Waals surface area contributed by atoms with Crippen molar-refractivity contribution in [1.29, 1.82) is 0 Å². The fourth-order valence-corrected chi connectivity index (χ4v) is 0.712. The average Bonchev–Trinajstić information content (AvgIpc) is 2.72. The second-order valence-electron chi connectivity index (χ2n) is 2.37. The third-order valence-corrected chi connectivity index (χ3v) is 1.43. The van der Waals surface area contributed by atoms with Crippen LogP contribution in [-0.4, -0.2) is 43.9 Å². The van der Waals surface area contributed by atoms with Crippen molar-refractivity contribution in [2.24, 2.45) is 0 Å². The van der Waals surface area contributed by atoms with Gasteiger partial charge in [0.2, 0.25) is 0 Å². The molecule has 0 unspecified atom stereocenters. The summed E-state index contributed by atoms with van der Waals surface area (Å²) in [6.45, 7) is 5.67. The Labute approximate surface area is 66.1 Å². The highest BCUT2D eigenvalue weighted by atomic mass is 16.7. The molecule has 0 aliphatic carbocycles. The third-order valence-electron chi connectivity index (χ3n) is 1.43. The van der Waals surface area contributed by atoms with E-state index in [1.54, 1.807) is 6.92 Å². The van der Waals surface area contributed by atoms with Gasteiger partial charge in [-0.25, -0.2) is 4.79 Å². The summed E-state index contributed by atoms with van der Waals surface area (Å²) in [4.78, 5) is 12.8. The normalized spacial score (nSPS) is 16.1. The highest BCUT2D eigenvalue weighted by molar-refractivity contribution is 5.59. The largest absolute Gasteiger partial charge is 0.508 e. The van der Waals surface area contributed by atoms with Crippen LogP contribution in [0.1, 0.15) is 6.92 Å². The molecule has 11 heavy (non-hydrogen) atoms. The van der Waals surface area contributed by atoms with Crippen LogP contribution in [0.25, 0.3) is 0 Å². The summed E-state index contributed by atoms with van der Waals surface area (Å²) in [6.07, 6.45) is -0.561. The Morgan fingerprint density at radius 2 is 2.18 bits per heavy atom. The minimum absolute atomic E-state index is 0.378. The van der Waals surface area contributed by atoms with Crippen LogP contribution in [-0.2, 0) is 9.47 Å².